The van der Waals surface area contributed by atoms with Gasteiger partial charge in [0.25, 0.3) is 0 Å². The maximum Gasteiger partial charge on any atom is 0.306 e. The Labute approximate surface area is 366 Å². The van der Waals surface area contributed by atoms with Gasteiger partial charge >= 0.3 is 17.9 Å². The van der Waals surface area contributed by atoms with Crippen LogP contribution in [0.1, 0.15) is 278 Å². The molecule has 6 heteroatoms. The van der Waals surface area contributed by atoms with Gasteiger partial charge in [0.05, 0.1) is 0 Å². The number of allylic oxidation sites excluding steroid dienone is 4. The largest absolute Gasteiger partial charge is 0.462 e. The van der Waals surface area contributed by atoms with Crippen LogP contribution in [0.3, 0.4) is 0 Å². The number of ether oxygens (including phenoxy) is 3. The van der Waals surface area contributed by atoms with Gasteiger partial charge in [0.1, 0.15) is 13.2 Å². The predicted molar refractivity (Wildman–Crippen MR) is 252 cm³/mol. The van der Waals surface area contributed by atoms with Gasteiger partial charge in [-0.3, -0.25) is 14.4 Å². The van der Waals surface area contributed by atoms with Crippen LogP contribution < -0.4 is 0 Å². The third-order valence-electron chi connectivity index (χ3n) is 11.5. The number of carbonyl (C=O) groups excluding carboxylic acids is 3. The molecule has 1 atom stereocenters. The molecule has 0 aliphatic rings. The highest BCUT2D eigenvalue weighted by Gasteiger charge is 2.19. The lowest BCUT2D eigenvalue weighted by Gasteiger charge is -2.18. The molecule has 0 saturated heterocycles. The zero-order valence-corrected chi connectivity index (χ0v) is 39.5. The van der Waals surface area contributed by atoms with Gasteiger partial charge in [0.2, 0.25) is 0 Å². The van der Waals surface area contributed by atoms with Gasteiger partial charge in [-0.25, -0.2) is 0 Å². The second kappa shape index (κ2) is 48.6. The number of carbonyl (C=O) groups is 3. The summed E-state index contributed by atoms with van der Waals surface area (Å²) < 4.78 is 16.8. The van der Waals surface area contributed by atoms with E-state index in [1.807, 2.05) is 0 Å². The minimum Gasteiger partial charge on any atom is -0.462 e. The molecule has 0 spiro atoms. The van der Waals surface area contributed by atoms with Gasteiger partial charge in [-0.05, 0) is 51.4 Å². The zero-order valence-electron chi connectivity index (χ0n) is 39.5. The molecule has 0 heterocycles. The first-order chi connectivity index (χ1) is 29.0. The van der Waals surface area contributed by atoms with E-state index in [0.29, 0.717) is 19.3 Å². The third kappa shape index (κ3) is 46.8. The van der Waals surface area contributed by atoms with E-state index in [2.05, 4.69) is 45.1 Å². The summed E-state index contributed by atoms with van der Waals surface area (Å²) in [5.74, 6) is -0.876. The standard InChI is InChI=1S/C53H98O6/c1-4-7-10-13-16-19-21-23-25-26-28-29-31-34-37-40-43-46-52(55)58-49-50(48-57-51(54)45-42-39-36-33-18-15-12-9-6-3)59-53(56)47-44-41-38-35-32-30-27-24-22-20-17-14-11-8-5-2/h17,20,24,27,50H,4-16,18-19,21-23,25-26,28-49H2,1-3H3/b20-17-,27-24-. The van der Waals surface area contributed by atoms with E-state index in [1.165, 1.54) is 161 Å². The molecule has 0 bridgehead atoms. The molecule has 0 aliphatic carbocycles. The minimum absolute atomic E-state index is 0.0724. The fourth-order valence-corrected chi connectivity index (χ4v) is 7.53. The first kappa shape index (κ1) is 56.9. The molecule has 0 aliphatic heterocycles. The number of unbranched alkanes of at least 4 members (excludes halogenated alkanes) is 32. The van der Waals surface area contributed by atoms with Crippen LogP contribution in [0.5, 0.6) is 0 Å². The Kier molecular flexibility index (Phi) is 46.8. The molecule has 0 saturated carbocycles. The summed E-state index contributed by atoms with van der Waals surface area (Å²) in [7, 11) is 0. The first-order valence-corrected chi connectivity index (χ1v) is 25.8. The molecule has 0 rings (SSSR count). The van der Waals surface area contributed by atoms with Crippen molar-refractivity contribution in [3.05, 3.63) is 24.3 Å². The predicted octanol–water partition coefficient (Wildman–Crippen LogP) is 16.8. The van der Waals surface area contributed by atoms with Crippen molar-refractivity contribution in [2.24, 2.45) is 0 Å². The van der Waals surface area contributed by atoms with E-state index >= 15 is 0 Å². The first-order valence-electron chi connectivity index (χ1n) is 25.8. The highest BCUT2D eigenvalue weighted by molar-refractivity contribution is 5.71. The SMILES string of the molecule is CCCCC/C=C\C/C=C\CCCCCCCC(=O)OC(COC(=O)CCCCCCCCCCC)COC(=O)CCCCCCCCCCCCCCCCCCC. The molecule has 0 amide bonds. The van der Waals surface area contributed by atoms with E-state index < -0.39 is 6.10 Å². The fraction of sp³-hybridized carbons (Fsp3) is 0.868. The van der Waals surface area contributed by atoms with Crippen molar-refractivity contribution in [3.8, 4) is 0 Å². The van der Waals surface area contributed by atoms with Crippen LogP contribution in [-0.2, 0) is 28.6 Å². The van der Waals surface area contributed by atoms with Crippen molar-refractivity contribution in [3.63, 3.8) is 0 Å². The number of esters is 3. The van der Waals surface area contributed by atoms with E-state index in [-0.39, 0.29) is 31.1 Å². The van der Waals surface area contributed by atoms with Crippen molar-refractivity contribution in [1.82, 2.24) is 0 Å². The van der Waals surface area contributed by atoms with Crippen molar-refractivity contribution in [2.45, 2.75) is 284 Å². The lowest BCUT2D eigenvalue weighted by molar-refractivity contribution is -0.167. The zero-order chi connectivity index (χ0) is 43.0. The molecule has 0 aromatic carbocycles. The molecule has 0 radical (unpaired) electrons. The summed E-state index contributed by atoms with van der Waals surface area (Å²) in [6, 6.07) is 0. The van der Waals surface area contributed by atoms with Crippen molar-refractivity contribution >= 4 is 17.9 Å². The Balaban J connectivity index is 4.30. The van der Waals surface area contributed by atoms with Crippen molar-refractivity contribution < 1.29 is 28.6 Å². The van der Waals surface area contributed by atoms with Crippen LogP contribution >= 0.6 is 0 Å². The van der Waals surface area contributed by atoms with Crippen LogP contribution in [0.4, 0.5) is 0 Å². The average molecular weight is 831 g/mol. The van der Waals surface area contributed by atoms with Crippen LogP contribution in [0.2, 0.25) is 0 Å². The third-order valence-corrected chi connectivity index (χ3v) is 11.5. The number of hydrogen-bond donors (Lipinski definition) is 0. The maximum atomic E-state index is 12.8. The monoisotopic (exact) mass is 831 g/mol. The maximum absolute atomic E-state index is 12.8. The Morgan fingerprint density at radius 1 is 0.339 bits per heavy atom. The summed E-state index contributed by atoms with van der Waals surface area (Å²) in [5, 5.41) is 0. The van der Waals surface area contributed by atoms with Crippen LogP contribution in [-0.4, -0.2) is 37.2 Å². The molecule has 0 aromatic heterocycles. The number of rotatable bonds is 47. The molecule has 0 aromatic rings. The molecule has 346 valence electrons. The Bertz CT molecular complexity index is 958. The lowest BCUT2D eigenvalue weighted by Crippen LogP contribution is -2.30. The second-order valence-corrected chi connectivity index (χ2v) is 17.4. The molecule has 6 nitrogen and oxygen atoms in total. The molecule has 59 heavy (non-hydrogen) atoms. The molecular weight excluding hydrogens is 733 g/mol. The van der Waals surface area contributed by atoms with Crippen molar-refractivity contribution in [2.75, 3.05) is 13.2 Å². The molecule has 1 unspecified atom stereocenters. The van der Waals surface area contributed by atoms with Crippen LogP contribution in [0.25, 0.3) is 0 Å². The summed E-state index contributed by atoms with van der Waals surface area (Å²) in [5.41, 5.74) is 0. The van der Waals surface area contributed by atoms with E-state index in [9.17, 15) is 14.4 Å². The van der Waals surface area contributed by atoms with Gasteiger partial charge in [-0.1, -0.05) is 231 Å². The van der Waals surface area contributed by atoms with Crippen molar-refractivity contribution in [1.29, 1.82) is 0 Å². The van der Waals surface area contributed by atoms with Crippen LogP contribution in [0, 0.1) is 0 Å². The van der Waals surface area contributed by atoms with Gasteiger partial charge in [-0.2, -0.15) is 0 Å². The lowest BCUT2D eigenvalue weighted by atomic mass is 10.0. The van der Waals surface area contributed by atoms with Crippen LogP contribution in [0.15, 0.2) is 24.3 Å². The minimum atomic E-state index is -0.771. The summed E-state index contributed by atoms with van der Waals surface area (Å²) in [4.78, 5) is 37.9. The topological polar surface area (TPSA) is 78.9 Å². The van der Waals surface area contributed by atoms with Gasteiger partial charge < -0.3 is 14.2 Å². The van der Waals surface area contributed by atoms with E-state index in [1.54, 1.807) is 0 Å². The number of hydrogen-bond acceptors (Lipinski definition) is 6. The molecule has 0 fully saturated rings. The highest BCUT2D eigenvalue weighted by atomic mass is 16.6. The quantitative estimate of drug-likeness (QED) is 0.0263. The van der Waals surface area contributed by atoms with Gasteiger partial charge in [-0.15, -0.1) is 0 Å². The summed E-state index contributed by atoms with van der Waals surface area (Å²) in [6.45, 7) is 6.61. The Morgan fingerprint density at radius 2 is 0.610 bits per heavy atom. The van der Waals surface area contributed by atoms with E-state index in [4.69, 9.17) is 14.2 Å². The Morgan fingerprint density at radius 3 is 0.966 bits per heavy atom. The average Bonchev–Trinajstić information content (AvgIpc) is 3.23. The smallest absolute Gasteiger partial charge is 0.306 e. The highest BCUT2D eigenvalue weighted by Crippen LogP contribution is 2.16. The Hall–Kier alpha value is -2.11. The van der Waals surface area contributed by atoms with E-state index in [0.717, 1.165) is 77.0 Å². The molecular formula is C53H98O6. The summed E-state index contributed by atoms with van der Waals surface area (Å²) in [6.07, 6.45) is 54.5. The second-order valence-electron chi connectivity index (χ2n) is 17.4. The van der Waals surface area contributed by atoms with Gasteiger partial charge in [0, 0.05) is 19.3 Å². The van der Waals surface area contributed by atoms with Gasteiger partial charge in [0.15, 0.2) is 6.10 Å². The normalized spacial score (nSPS) is 12.1. The summed E-state index contributed by atoms with van der Waals surface area (Å²) >= 11 is 0. The fourth-order valence-electron chi connectivity index (χ4n) is 7.53. The molecule has 0 N–H and O–H groups in total.